The molecule has 0 aliphatic rings. The minimum absolute atomic E-state index is 0.126. The molecule has 1 heterocycles. The highest BCUT2D eigenvalue weighted by molar-refractivity contribution is 6.31. The van der Waals surface area contributed by atoms with Gasteiger partial charge in [-0.3, -0.25) is 4.79 Å². The van der Waals surface area contributed by atoms with Gasteiger partial charge in [-0.25, -0.2) is 0 Å². The predicted octanol–water partition coefficient (Wildman–Crippen LogP) is 2.53. The zero-order chi connectivity index (χ0) is 16.8. The molecule has 2 rings (SSSR count). The molecule has 0 unspecified atom stereocenters. The van der Waals surface area contributed by atoms with E-state index in [2.05, 4.69) is 10.3 Å². The number of hydrogen-bond donors (Lipinski definition) is 1. The molecule has 1 N–H and O–H groups in total. The summed E-state index contributed by atoms with van der Waals surface area (Å²) in [6.45, 7) is -0.482. The maximum absolute atomic E-state index is 11.9. The Labute approximate surface area is 135 Å². The van der Waals surface area contributed by atoms with Crippen molar-refractivity contribution in [3.05, 3.63) is 57.2 Å². The molecule has 2 aromatic rings. The van der Waals surface area contributed by atoms with Gasteiger partial charge in [0.2, 0.25) is 5.75 Å². The van der Waals surface area contributed by atoms with Crippen molar-refractivity contribution in [3.8, 4) is 11.8 Å². The van der Waals surface area contributed by atoms with Crippen LogP contribution < -0.4 is 10.1 Å². The first-order valence-electron chi connectivity index (χ1n) is 6.23. The van der Waals surface area contributed by atoms with Crippen molar-refractivity contribution in [2.75, 3.05) is 11.9 Å². The van der Waals surface area contributed by atoms with Gasteiger partial charge in [0.05, 0.1) is 11.3 Å². The summed E-state index contributed by atoms with van der Waals surface area (Å²) >= 11 is 5.81. The summed E-state index contributed by atoms with van der Waals surface area (Å²) in [6, 6.07) is 9.10. The molecule has 9 heteroatoms. The molecule has 1 aromatic heterocycles. The number of hydrogen-bond acceptors (Lipinski definition) is 6. The van der Waals surface area contributed by atoms with Crippen LogP contribution in [0.25, 0.3) is 0 Å². The number of ether oxygens (including phenoxy) is 1. The van der Waals surface area contributed by atoms with E-state index in [0.717, 1.165) is 0 Å². The summed E-state index contributed by atoms with van der Waals surface area (Å²) < 4.78 is 5.10. The number of aromatic nitrogens is 1. The molecule has 0 bridgehead atoms. The lowest BCUT2D eigenvalue weighted by Gasteiger charge is -2.09. The van der Waals surface area contributed by atoms with Crippen LogP contribution >= 0.6 is 11.6 Å². The summed E-state index contributed by atoms with van der Waals surface area (Å²) in [6.07, 6.45) is 1.25. The molecule has 116 valence electrons. The molecule has 0 radical (unpaired) electrons. The number of amides is 1. The Bertz CT molecular complexity index is 804. The molecule has 0 fully saturated rings. The molecular formula is C14H9ClN4O4. The SMILES string of the molecule is N#Cc1ccc(Cl)cc1NC(=O)COc1cccnc1[N+](=O)[O-]. The number of nitro groups is 1. The molecule has 1 amide bonds. The van der Waals surface area contributed by atoms with Crippen molar-refractivity contribution in [3.63, 3.8) is 0 Å². The van der Waals surface area contributed by atoms with E-state index >= 15 is 0 Å². The predicted molar refractivity (Wildman–Crippen MR) is 81.2 cm³/mol. The Morgan fingerprint density at radius 1 is 1.48 bits per heavy atom. The van der Waals surface area contributed by atoms with E-state index in [1.54, 1.807) is 0 Å². The maximum Gasteiger partial charge on any atom is 0.406 e. The average Bonchev–Trinajstić information content (AvgIpc) is 2.53. The third-order valence-electron chi connectivity index (χ3n) is 2.66. The molecule has 0 saturated heterocycles. The lowest BCUT2D eigenvalue weighted by Crippen LogP contribution is -2.21. The number of nitrogens with zero attached hydrogens (tertiary/aromatic N) is 3. The molecule has 8 nitrogen and oxygen atoms in total. The first kappa shape index (κ1) is 16.2. The summed E-state index contributed by atoms with van der Waals surface area (Å²) in [5, 5.41) is 22.6. The third-order valence-corrected chi connectivity index (χ3v) is 2.89. The summed E-state index contributed by atoms with van der Waals surface area (Å²) in [7, 11) is 0. The van der Waals surface area contributed by atoms with Gasteiger partial charge in [0, 0.05) is 5.02 Å². The zero-order valence-electron chi connectivity index (χ0n) is 11.5. The van der Waals surface area contributed by atoms with Crippen LogP contribution in [0.5, 0.6) is 5.75 Å². The Morgan fingerprint density at radius 3 is 2.96 bits per heavy atom. The maximum atomic E-state index is 11.9. The third kappa shape index (κ3) is 4.15. The van der Waals surface area contributed by atoms with E-state index in [0.29, 0.717) is 5.02 Å². The zero-order valence-corrected chi connectivity index (χ0v) is 12.3. The first-order valence-corrected chi connectivity index (χ1v) is 6.60. The van der Waals surface area contributed by atoms with Crippen LogP contribution in [0.15, 0.2) is 36.5 Å². The van der Waals surface area contributed by atoms with Crippen LogP contribution in [0.1, 0.15) is 5.56 Å². The highest BCUT2D eigenvalue weighted by atomic mass is 35.5. The Hall–Kier alpha value is -3.18. The van der Waals surface area contributed by atoms with Crippen molar-refractivity contribution in [2.45, 2.75) is 0 Å². The normalized spacial score (nSPS) is 9.74. The second-order valence-corrected chi connectivity index (χ2v) is 4.66. The second-order valence-electron chi connectivity index (χ2n) is 4.22. The first-order chi connectivity index (χ1) is 11.0. The van der Waals surface area contributed by atoms with Crippen molar-refractivity contribution in [1.29, 1.82) is 5.26 Å². The molecule has 0 aliphatic heterocycles. The number of carbonyl (C=O) groups excluding carboxylic acids is 1. The molecule has 0 saturated carbocycles. The Balaban J connectivity index is 2.06. The van der Waals surface area contributed by atoms with Gasteiger partial charge < -0.3 is 20.2 Å². The number of benzene rings is 1. The lowest BCUT2D eigenvalue weighted by atomic mass is 10.2. The van der Waals surface area contributed by atoms with E-state index in [4.69, 9.17) is 21.6 Å². The van der Waals surface area contributed by atoms with Crippen LogP contribution in [-0.2, 0) is 4.79 Å². The molecule has 23 heavy (non-hydrogen) atoms. The highest BCUT2D eigenvalue weighted by Gasteiger charge is 2.17. The van der Waals surface area contributed by atoms with E-state index in [9.17, 15) is 14.9 Å². The van der Waals surface area contributed by atoms with Gasteiger partial charge in [0.15, 0.2) is 6.61 Å². The Morgan fingerprint density at radius 2 is 2.26 bits per heavy atom. The fourth-order valence-corrected chi connectivity index (χ4v) is 1.85. The number of rotatable bonds is 5. The summed E-state index contributed by atoms with van der Waals surface area (Å²) in [5.74, 6) is -1.21. The van der Waals surface area contributed by atoms with E-state index < -0.39 is 23.3 Å². The highest BCUT2D eigenvalue weighted by Crippen LogP contribution is 2.23. The number of carbonyl (C=O) groups is 1. The van der Waals surface area contributed by atoms with Crippen molar-refractivity contribution in [2.24, 2.45) is 0 Å². The fourth-order valence-electron chi connectivity index (χ4n) is 1.68. The molecule has 1 aromatic carbocycles. The van der Waals surface area contributed by atoms with E-state index in [1.807, 2.05) is 6.07 Å². The summed E-state index contributed by atoms with van der Waals surface area (Å²) in [4.78, 5) is 25.5. The largest absolute Gasteiger partial charge is 0.476 e. The standard InChI is InChI=1S/C14H9ClN4O4/c15-10-4-3-9(7-16)11(6-10)18-13(20)8-23-12-2-1-5-17-14(12)19(21)22/h1-6H,8H2,(H,18,20). The van der Waals surface area contributed by atoms with Crippen LogP contribution in [0, 0.1) is 21.4 Å². The number of nitrogens with one attached hydrogen (secondary N) is 1. The minimum atomic E-state index is -0.710. The molecule has 0 atom stereocenters. The Kier molecular flexibility index (Phi) is 5.07. The summed E-state index contributed by atoms with van der Waals surface area (Å²) in [5.41, 5.74) is 0.462. The van der Waals surface area contributed by atoms with Gasteiger partial charge in [-0.15, -0.1) is 0 Å². The van der Waals surface area contributed by atoms with Crippen LogP contribution in [-0.4, -0.2) is 22.4 Å². The lowest BCUT2D eigenvalue weighted by molar-refractivity contribution is -0.390. The van der Waals surface area contributed by atoms with Gasteiger partial charge in [-0.1, -0.05) is 11.6 Å². The molecule has 0 spiro atoms. The van der Waals surface area contributed by atoms with Gasteiger partial charge in [0.1, 0.15) is 12.3 Å². The molecule has 0 aliphatic carbocycles. The van der Waals surface area contributed by atoms with Gasteiger partial charge in [0.25, 0.3) is 5.91 Å². The van der Waals surface area contributed by atoms with Crippen molar-refractivity contribution in [1.82, 2.24) is 4.98 Å². The minimum Gasteiger partial charge on any atom is -0.476 e. The quantitative estimate of drug-likeness (QED) is 0.663. The van der Waals surface area contributed by atoms with Crippen molar-refractivity contribution < 1.29 is 14.5 Å². The second kappa shape index (κ2) is 7.20. The van der Waals surface area contributed by atoms with Crippen LogP contribution in [0.3, 0.4) is 0 Å². The van der Waals surface area contributed by atoms with E-state index in [1.165, 1.54) is 36.5 Å². The smallest absolute Gasteiger partial charge is 0.406 e. The molecular weight excluding hydrogens is 324 g/mol. The van der Waals surface area contributed by atoms with Gasteiger partial charge in [-0.05, 0) is 40.2 Å². The number of pyridine rings is 1. The van der Waals surface area contributed by atoms with Crippen molar-refractivity contribution >= 4 is 29.0 Å². The van der Waals surface area contributed by atoms with Crippen LogP contribution in [0.4, 0.5) is 11.5 Å². The van der Waals surface area contributed by atoms with E-state index in [-0.39, 0.29) is 17.0 Å². The average molecular weight is 333 g/mol. The van der Waals surface area contributed by atoms with Crippen LogP contribution in [0.2, 0.25) is 5.02 Å². The topological polar surface area (TPSA) is 118 Å². The number of anilines is 1. The monoisotopic (exact) mass is 332 g/mol. The number of halogens is 1. The number of nitriles is 1. The van der Waals surface area contributed by atoms with Gasteiger partial charge in [-0.2, -0.15) is 5.26 Å². The van der Waals surface area contributed by atoms with Gasteiger partial charge >= 0.3 is 5.82 Å². The fraction of sp³-hybridized carbons (Fsp3) is 0.0714.